The van der Waals surface area contributed by atoms with E-state index in [0.717, 1.165) is 24.6 Å². The van der Waals surface area contributed by atoms with Crippen molar-refractivity contribution in [1.29, 1.82) is 0 Å². The highest BCUT2D eigenvalue weighted by atomic mass is 19.1. The standard InChI is InChI=1S/C16H22FN3/c17-13-7-4-8-14(10-13)20-15(11-19-16(20)18)9-12-5-2-1-3-6-12/h4,7-8,10,12,15H,1-3,5-6,9,11H2,(H2,18,19). The molecule has 4 heteroatoms. The molecule has 1 heterocycles. The van der Waals surface area contributed by atoms with Gasteiger partial charge in [-0.1, -0.05) is 38.2 Å². The summed E-state index contributed by atoms with van der Waals surface area (Å²) in [5, 5.41) is 0. The number of guanidine groups is 1. The smallest absolute Gasteiger partial charge is 0.196 e. The van der Waals surface area contributed by atoms with E-state index in [2.05, 4.69) is 4.99 Å². The van der Waals surface area contributed by atoms with Crippen LogP contribution in [0.25, 0.3) is 0 Å². The second-order valence-corrected chi connectivity index (χ2v) is 5.94. The van der Waals surface area contributed by atoms with Gasteiger partial charge in [-0.25, -0.2) is 4.39 Å². The Morgan fingerprint density at radius 1 is 1.25 bits per heavy atom. The van der Waals surface area contributed by atoms with Crippen molar-refractivity contribution in [3.63, 3.8) is 0 Å². The summed E-state index contributed by atoms with van der Waals surface area (Å²) in [6.07, 6.45) is 7.79. The van der Waals surface area contributed by atoms with Crippen LogP contribution in [0.4, 0.5) is 10.1 Å². The van der Waals surface area contributed by atoms with Crippen LogP contribution < -0.4 is 10.6 Å². The van der Waals surface area contributed by atoms with Gasteiger partial charge in [0.15, 0.2) is 5.96 Å². The first-order valence-corrected chi connectivity index (χ1v) is 7.59. The first-order valence-electron chi connectivity index (χ1n) is 7.59. The van der Waals surface area contributed by atoms with Gasteiger partial charge in [0.05, 0.1) is 12.6 Å². The van der Waals surface area contributed by atoms with Gasteiger partial charge in [0.1, 0.15) is 5.82 Å². The van der Waals surface area contributed by atoms with Gasteiger partial charge in [0.2, 0.25) is 0 Å². The molecule has 0 aromatic heterocycles. The summed E-state index contributed by atoms with van der Waals surface area (Å²) < 4.78 is 13.4. The number of rotatable bonds is 3. The van der Waals surface area contributed by atoms with Crippen molar-refractivity contribution in [2.45, 2.75) is 44.6 Å². The van der Waals surface area contributed by atoms with Crippen LogP contribution in [-0.4, -0.2) is 18.5 Å². The first-order chi connectivity index (χ1) is 9.74. The number of hydrogen-bond acceptors (Lipinski definition) is 3. The van der Waals surface area contributed by atoms with E-state index in [1.165, 1.54) is 38.2 Å². The lowest BCUT2D eigenvalue weighted by atomic mass is 9.84. The predicted molar refractivity (Wildman–Crippen MR) is 80.3 cm³/mol. The number of hydrogen-bond donors (Lipinski definition) is 1. The lowest BCUT2D eigenvalue weighted by molar-refractivity contribution is 0.322. The van der Waals surface area contributed by atoms with Crippen LogP contribution in [0.1, 0.15) is 38.5 Å². The molecule has 20 heavy (non-hydrogen) atoms. The molecule has 2 aliphatic rings. The van der Waals surface area contributed by atoms with Crippen molar-refractivity contribution in [3.8, 4) is 0 Å². The summed E-state index contributed by atoms with van der Waals surface area (Å²) in [4.78, 5) is 6.38. The van der Waals surface area contributed by atoms with Crippen LogP contribution >= 0.6 is 0 Å². The lowest BCUT2D eigenvalue weighted by Gasteiger charge is -2.31. The summed E-state index contributed by atoms with van der Waals surface area (Å²) >= 11 is 0. The number of benzene rings is 1. The maximum Gasteiger partial charge on any atom is 0.196 e. The number of nitrogens with zero attached hydrogens (tertiary/aromatic N) is 2. The average Bonchev–Trinajstić information content (AvgIpc) is 2.81. The van der Waals surface area contributed by atoms with Crippen molar-refractivity contribution in [2.24, 2.45) is 16.6 Å². The van der Waals surface area contributed by atoms with E-state index in [-0.39, 0.29) is 5.82 Å². The van der Waals surface area contributed by atoms with E-state index in [1.807, 2.05) is 11.0 Å². The first kappa shape index (κ1) is 13.4. The molecular weight excluding hydrogens is 253 g/mol. The second kappa shape index (κ2) is 5.81. The van der Waals surface area contributed by atoms with E-state index in [4.69, 9.17) is 5.73 Å². The molecule has 3 nitrogen and oxygen atoms in total. The fourth-order valence-electron chi connectivity index (χ4n) is 3.50. The van der Waals surface area contributed by atoms with E-state index in [9.17, 15) is 4.39 Å². The highest BCUT2D eigenvalue weighted by molar-refractivity contribution is 5.97. The Bertz CT molecular complexity index is 494. The van der Waals surface area contributed by atoms with Crippen molar-refractivity contribution in [3.05, 3.63) is 30.1 Å². The van der Waals surface area contributed by atoms with Gasteiger partial charge in [-0.2, -0.15) is 0 Å². The topological polar surface area (TPSA) is 41.6 Å². The summed E-state index contributed by atoms with van der Waals surface area (Å²) in [5.41, 5.74) is 6.83. The van der Waals surface area contributed by atoms with Crippen molar-refractivity contribution in [1.82, 2.24) is 0 Å². The predicted octanol–water partition coefficient (Wildman–Crippen LogP) is 3.30. The Balaban J connectivity index is 1.74. The molecule has 0 bridgehead atoms. The largest absolute Gasteiger partial charge is 0.370 e. The zero-order valence-corrected chi connectivity index (χ0v) is 11.8. The number of halogens is 1. The summed E-state index contributed by atoms with van der Waals surface area (Å²) in [7, 11) is 0. The van der Waals surface area contributed by atoms with Gasteiger partial charge in [0, 0.05) is 5.69 Å². The Morgan fingerprint density at radius 2 is 2.05 bits per heavy atom. The number of aliphatic imine (C=N–C) groups is 1. The van der Waals surface area contributed by atoms with Gasteiger partial charge >= 0.3 is 0 Å². The van der Waals surface area contributed by atoms with Crippen LogP contribution in [0.2, 0.25) is 0 Å². The van der Waals surface area contributed by atoms with Crippen LogP contribution in [0, 0.1) is 11.7 Å². The van der Waals surface area contributed by atoms with Crippen LogP contribution in [0.3, 0.4) is 0 Å². The quantitative estimate of drug-likeness (QED) is 0.919. The van der Waals surface area contributed by atoms with E-state index in [1.54, 1.807) is 12.1 Å². The summed E-state index contributed by atoms with van der Waals surface area (Å²) in [6.45, 7) is 0.735. The van der Waals surface area contributed by atoms with Gasteiger partial charge in [-0.05, 0) is 30.5 Å². The third-order valence-electron chi connectivity index (χ3n) is 4.49. The van der Waals surface area contributed by atoms with Crippen molar-refractivity contribution in [2.75, 3.05) is 11.4 Å². The molecule has 1 saturated carbocycles. The molecule has 1 unspecified atom stereocenters. The molecule has 1 atom stereocenters. The van der Waals surface area contributed by atoms with Crippen LogP contribution in [0.5, 0.6) is 0 Å². The van der Waals surface area contributed by atoms with E-state index in [0.29, 0.717) is 12.0 Å². The second-order valence-electron chi connectivity index (χ2n) is 5.94. The fourth-order valence-corrected chi connectivity index (χ4v) is 3.50. The highest BCUT2D eigenvalue weighted by Crippen LogP contribution is 2.31. The Hall–Kier alpha value is -1.58. The molecule has 1 aliphatic heterocycles. The highest BCUT2D eigenvalue weighted by Gasteiger charge is 2.30. The minimum atomic E-state index is -0.224. The van der Waals surface area contributed by atoms with Crippen molar-refractivity contribution < 1.29 is 4.39 Å². The molecule has 1 aromatic rings. The zero-order chi connectivity index (χ0) is 13.9. The van der Waals surface area contributed by atoms with E-state index < -0.39 is 0 Å². The molecule has 2 N–H and O–H groups in total. The van der Waals surface area contributed by atoms with Gasteiger partial charge in [0.25, 0.3) is 0 Å². The minimum absolute atomic E-state index is 0.224. The Kier molecular flexibility index (Phi) is 3.90. The summed E-state index contributed by atoms with van der Waals surface area (Å²) in [5.74, 6) is 1.07. The maximum absolute atomic E-state index is 13.4. The fraction of sp³-hybridized carbons (Fsp3) is 0.562. The average molecular weight is 275 g/mol. The monoisotopic (exact) mass is 275 g/mol. The van der Waals surface area contributed by atoms with Crippen LogP contribution in [-0.2, 0) is 0 Å². The molecule has 1 aliphatic carbocycles. The normalized spacial score (nSPS) is 23.9. The van der Waals surface area contributed by atoms with Gasteiger partial charge < -0.3 is 10.6 Å². The third kappa shape index (κ3) is 2.79. The lowest BCUT2D eigenvalue weighted by Crippen LogP contribution is -2.42. The number of nitrogens with two attached hydrogens (primary N) is 1. The Labute approximate surface area is 119 Å². The SMILES string of the molecule is NC1=NCC(CC2CCCCC2)N1c1cccc(F)c1. The molecule has 3 rings (SSSR count). The minimum Gasteiger partial charge on any atom is -0.370 e. The molecule has 0 spiro atoms. The van der Waals surface area contributed by atoms with Gasteiger partial charge in [-0.15, -0.1) is 0 Å². The number of anilines is 1. The maximum atomic E-state index is 13.4. The molecule has 0 amide bonds. The van der Waals surface area contributed by atoms with E-state index >= 15 is 0 Å². The third-order valence-corrected chi connectivity index (χ3v) is 4.49. The van der Waals surface area contributed by atoms with Gasteiger partial charge in [-0.3, -0.25) is 4.99 Å². The molecule has 1 aromatic carbocycles. The zero-order valence-electron chi connectivity index (χ0n) is 11.8. The molecule has 0 saturated heterocycles. The Morgan fingerprint density at radius 3 is 2.80 bits per heavy atom. The molecule has 0 radical (unpaired) electrons. The molecular formula is C16H22FN3. The van der Waals surface area contributed by atoms with Crippen LogP contribution in [0.15, 0.2) is 29.3 Å². The van der Waals surface area contributed by atoms with Crippen molar-refractivity contribution >= 4 is 11.6 Å². The molecule has 108 valence electrons. The molecule has 1 fully saturated rings. The summed E-state index contributed by atoms with van der Waals surface area (Å²) in [6, 6.07) is 6.93.